The maximum Gasteiger partial charge on any atom is 0.176 e. The first-order chi connectivity index (χ1) is 13.4. The fraction of sp³-hybridized carbons (Fsp3) is 0.190. The third-order valence-electron chi connectivity index (χ3n) is 4.75. The van der Waals surface area contributed by atoms with E-state index in [1.807, 2.05) is 60.0 Å². The summed E-state index contributed by atoms with van der Waals surface area (Å²) in [5.74, 6) is 0. The second kappa shape index (κ2) is 7.79. The first kappa shape index (κ1) is 19.3. The summed E-state index contributed by atoms with van der Waals surface area (Å²) in [4.78, 5) is 7.19. The van der Waals surface area contributed by atoms with Gasteiger partial charge in [0.15, 0.2) is 9.84 Å². The molecule has 0 bridgehead atoms. The zero-order valence-corrected chi connectivity index (χ0v) is 17.6. The Labute approximate surface area is 174 Å². The third-order valence-corrected chi connectivity index (χ3v) is 7.10. The van der Waals surface area contributed by atoms with Crippen LogP contribution in [0.1, 0.15) is 22.2 Å². The zero-order chi connectivity index (χ0) is 19.7. The van der Waals surface area contributed by atoms with Crippen LogP contribution in [0.2, 0.25) is 5.02 Å². The highest BCUT2D eigenvalue weighted by molar-refractivity contribution is 8.00. The third kappa shape index (κ3) is 3.91. The van der Waals surface area contributed by atoms with Gasteiger partial charge in [0.25, 0.3) is 0 Å². The van der Waals surface area contributed by atoms with Crippen molar-refractivity contribution in [3.63, 3.8) is 0 Å². The Morgan fingerprint density at radius 1 is 1.11 bits per heavy atom. The predicted octanol–water partition coefficient (Wildman–Crippen LogP) is 4.66. The normalized spacial score (nSPS) is 15.9. The number of likely N-dealkylation sites (tertiary alicyclic amines) is 1. The van der Waals surface area contributed by atoms with E-state index in [0.29, 0.717) is 23.0 Å². The van der Waals surface area contributed by atoms with Gasteiger partial charge >= 0.3 is 0 Å². The molecule has 1 aliphatic heterocycles. The highest BCUT2D eigenvalue weighted by Gasteiger charge is 2.35. The van der Waals surface area contributed by atoms with Crippen molar-refractivity contribution in [3.05, 3.63) is 92.9 Å². The summed E-state index contributed by atoms with van der Waals surface area (Å²) in [5.41, 5.74) is 2.78. The molecule has 0 N–H and O–H groups in total. The molecule has 1 saturated heterocycles. The molecule has 1 atom stereocenters. The van der Waals surface area contributed by atoms with E-state index in [2.05, 4.69) is 9.88 Å². The molecule has 0 radical (unpaired) electrons. The summed E-state index contributed by atoms with van der Waals surface area (Å²) in [5, 5.41) is 3.64. The van der Waals surface area contributed by atoms with Crippen LogP contribution in [-0.4, -0.2) is 37.6 Å². The van der Waals surface area contributed by atoms with Crippen molar-refractivity contribution in [1.82, 2.24) is 9.88 Å². The van der Waals surface area contributed by atoms with E-state index in [9.17, 15) is 8.42 Å². The number of thiazole rings is 1. The number of nitrogens with zero attached hydrogens (tertiary/aromatic N) is 2. The molecule has 28 heavy (non-hydrogen) atoms. The van der Waals surface area contributed by atoms with Crippen LogP contribution in [0.5, 0.6) is 0 Å². The maximum absolute atomic E-state index is 12.5. The molecule has 3 aromatic rings. The number of rotatable bonds is 5. The van der Waals surface area contributed by atoms with Crippen molar-refractivity contribution >= 4 is 37.7 Å². The van der Waals surface area contributed by atoms with Crippen LogP contribution in [-0.2, 0) is 9.84 Å². The van der Waals surface area contributed by atoms with Crippen LogP contribution >= 0.6 is 22.9 Å². The molecule has 4 nitrogen and oxygen atoms in total. The minimum atomic E-state index is -3.33. The molecule has 7 heteroatoms. The SMILES string of the molecule is CS(=O)(=O)C(=C1CN(C(c2ccc(Cl)cc2)c2nccs2)C1)c1ccccc1. The summed E-state index contributed by atoms with van der Waals surface area (Å²) in [6.07, 6.45) is 3.08. The number of sulfone groups is 1. The van der Waals surface area contributed by atoms with Gasteiger partial charge in [-0.25, -0.2) is 13.4 Å². The van der Waals surface area contributed by atoms with E-state index >= 15 is 0 Å². The Balaban J connectivity index is 1.69. The van der Waals surface area contributed by atoms with Crippen LogP contribution in [0.3, 0.4) is 0 Å². The summed E-state index contributed by atoms with van der Waals surface area (Å²) in [6.45, 7) is 1.17. The molecule has 144 valence electrons. The highest BCUT2D eigenvalue weighted by Crippen LogP contribution is 2.38. The average Bonchev–Trinajstić information content (AvgIpc) is 3.15. The van der Waals surface area contributed by atoms with E-state index in [1.165, 1.54) is 6.26 Å². The second-order valence-electron chi connectivity index (χ2n) is 6.80. The Bertz CT molecular complexity index is 1090. The topological polar surface area (TPSA) is 50.3 Å². The molecule has 0 amide bonds. The first-order valence-corrected chi connectivity index (χ1v) is 11.9. The molecule has 1 aliphatic rings. The van der Waals surface area contributed by atoms with E-state index in [0.717, 1.165) is 21.7 Å². The minimum Gasteiger partial charge on any atom is -0.282 e. The number of hydrogen-bond donors (Lipinski definition) is 0. The lowest BCUT2D eigenvalue weighted by Crippen LogP contribution is -2.44. The van der Waals surface area contributed by atoms with Gasteiger partial charge in [-0.2, -0.15) is 0 Å². The van der Waals surface area contributed by atoms with Gasteiger partial charge in [-0.15, -0.1) is 11.3 Å². The van der Waals surface area contributed by atoms with Gasteiger partial charge in [0.05, 0.1) is 10.9 Å². The zero-order valence-electron chi connectivity index (χ0n) is 15.2. The lowest BCUT2D eigenvalue weighted by molar-refractivity contribution is 0.203. The van der Waals surface area contributed by atoms with Gasteiger partial charge in [0.2, 0.25) is 0 Å². The monoisotopic (exact) mass is 430 g/mol. The minimum absolute atomic E-state index is 0.0161. The van der Waals surface area contributed by atoms with E-state index in [-0.39, 0.29) is 6.04 Å². The van der Waals surface area contributed by atoms with Crippen molar-refractivity contribution in [1.29, 1.82) is 0 Å². The molecular weight excluding hydrogens is 412 g/mol. The molecule has 0 spiro atoms. The van der Waals surface area contributed by atoms with Gasteiger partial charge in [-0.1, -0.05) is 54.1 Å². The number of hydrogen-bond acceptors (Lipinski definition) is 5. The molecule has 2 aromatic carbocycles. The van der Waals surface area contributed by atoms with Crippen LogP contribution < -0.4 is 0 Å². The Hall–Kier alpha value is -1.99. The fourth-order valence-corrected chi connectivity index (χ4v) is 5.70. The number of aromatic nitrogens is 1. The fourth-order valence-electron chi connectivity index (χ4n) is 3.56. The van der Waals surface area contributed by atoms with Crippen molar-refractivity contribution in [2.24, 2.45) is 0 Å². The number of halogens is 1. The van der Waals surface area contributed by atoms with Crippen molar-refractivity contribution in [2.75, 3.05) is 19.3 Å². The van der Waals surface area contributed by atoms with Crippen LogP contribution in [0, 0.1) is 0 Å². The van der Waals surface area contributed by atoms with E-state index < -0.39 is 9.84 Å². The standard InChI is InChI=1S/C21H19ClN2O2S2/c1-28(25,26)20(16-5-3-2-4-6-16)17-13-24(14-17)19(21-23-11-12-27-21)15-7-9-18(22)10-8-15/h2-12,19H,13-14H2,1H3. The molecule has 1 fully saturated rings. The van der Waals surface area contributed by atoms with Gasteiger partial charge in [0, 0.05) is 35.9 Å². The van der Waals surface area contributed by atoms with Gasteiger partial charge in [-0.05, 0) is 28.8 Å². The van der Waals surface area contributed by atoms with Gasteiger partial charge in [-0.3, -0.25) is 4.90 Å². The Morgan fingerprint density at radius 3 is 2.36 bits per heavy atom. The highest BCUT2D eigenvalue weighted by atomic mass is 35.5. The van der Waals surface area contributed by atoms with E-state index in [1.54, 1.807) is 17.5 Å². The second-order valence-corrected chi connectivity index (χ2v) is 10.1. The van der Waals surface area contributed by atoms with Gasteiger partial charge in [0.1, 0.15) is 5.01 Å². The number of benzene rings is 2. The summed E-state index contributed by atoms with van der Waals surface area (Å²) in [7, 11) is -3.33. The Morgan fingerprint density at radius 2 is 1.79 bits per heavy atom. The van der Waals surface area contributed by atoms with E-state index in [4.69, 9.17) is 11.6 Å². The molecule has 1 unspecified atom stereocenters. The van der Waals surface area contributed by atoms with Crippen LogP contribution in [0.4, 0.5) is 0 Å². The lowest BCUT2D eigenvalue weighted by Gasteiger charge is -2.41. The maximum atomic E-state index is 12.5. The van der Waals surface area contributed by atoms with Gasteiger partial charge < -0.3 is 0 Å². The molecule has 1 aromatic heterocycles. The molecule has 4 rings (SSSR count). The average molecular weight is 431 g/mol. The summed E-state index contributed by atoms with van der Waals surface area (Å²) >= 11 is 7.65. The molecule has 0 aliphatic carbocycles. The van der Waals surface area contributed by atoms with Crippen molar-refractivity contribution in [3.8, 4) is 0 Å². The largest absolute Gasteiger partial charge is 0.282 e. The predicted molar refractivity (Wildman–Crippen MR) is 115 cm³/mol. The molecule has 0 saturated carbocycles. The first-order valence-electron chi connectivity index (χ1n) is 8.80. The van der Waals surface area contributed by atoms with Crippen molar-refractivity contribution in [2.45, 2.75) is 6.04 Å². The van der Waals surface area contributed by atoms with Crippen LogP contribution in [0.15, 0.2) is 71.7 Å². The molecular formula is C21H19ClN2O2S2. The summed E-state index contributed by atoms with van der Waals surface area (Å²) in [6, 6.07) is 17.1. The molecule has 2 heterocycles. The quantitative estimate of drug-likeness (QED) is 0.590. The Kier molecular flexibility index (Phi) is 5.38. The smallest absolute Gasteiger partial charge is 0.176 e. The van der Waals surface area contributed by atoms with Crippen LogP contribution in [0.25, 0.3) is 4.91 Å². The summed E-state index contributed by atoms with van der Waals surface area (Å²) < 4.78 is 25.0. The lowest BCUT2D eigenvalue weighted by atomic mass is 9.97. The van der Waals surface area contributed by atoms with Crippen molar-refractivity contribution < 1.29 is 8.42 Å².